The average molecular weight is 353 g/mol. The number of nitrogens with one attached hydrogen (secondary N) is 1. The molecule has 23 heavy (non-hydrogen) atoms. The van der Waals surface area contributed by atoms with Gasteiger partial charge in [-0.05, 0) is 36.4 Å². The number of methoxy groups -OCH3 is 2. The van der Waals surface area contributed by atoms with Crippen molar-refractivity contribution in [3.63, 3.8) is 0 Å². The minimum absolute atomic E-state index is 0.254. The van der Waals surface area contributed by atoms with Crippen LogP contribution in [0, 0.1) is 0 Å². The fourth-order valence-corrected chi connectivity index (χ4v) is 2.33. The van der Waals surface area contributed by atoms with Crippen LogP contribution >= 0.6 is 23.2 Å². The quantitative estimate of drug-likeness (QED) is 0.658. The molecule has 0 aliphatic rings. The third-order valence-corrected chi connectivity index (χ3v) is 3.53. The largest absolute Gasteiger partial charge is 0.497 e. The molecule has 2 rings (SSSR count). The Bertz CT molecular complexity index is 748. The van der Waals surface area contributed by atoms with E-state index in [1.165, 1.54) is 18.3 Å². The van der Waals surface area contributed by atoms with Crippen molar-refractivity contribution in [2.45, 2.75) is 0 Å². The smallest absolute Gasteiger partial charge is 0.272 e. The van der Waals surface area contributed by atoms with Gasteiger partial charge in [0.2, 0.25) is 0 Å². The second kappa shape index (κ2) is 7.85. The van der Waals surface area contributed by atoms with E-state index in [0.29, 0.717) is 22.1 Å². The van der Waals surface area contributed by atoms with Crippen molar-refractivity contribution < 1.29 is 14.3 Å². The molecule has 0 aliphatic carbocycles. The molecule has 0 radical (unpaired) electrons. The summed E-state index contributed by atoms with van der Waals surface area (Å²) in [5, 5.41) is 4.62. The van der Waals surface area contributed by atoms with E-state index in [0.717, 1.165) is 0 Å². The SMILES string of the molecule is COc1ccc(OC)c(C=NNC(=O)c2ccc(Cl)cc2Cl)c1. The van der Waals surface area contributed by atoms with Gasteiger partial charge >= 0.3 is 0 Å². The number of halogens is 2. The molecule has 0 fully saturated rings. The minimum Gasteiger partial charge on any atom is -0.497 e. The van der Waals surface area contributed by atoms with Crippen molar-refractivity contribution in [1.29, 1.82) is 0 Å². The highest BCUT2D eigenvalue weighted by Gasteiger charge is 2.10. The van der Waals surface area contributed by atoms with Gasteiger partial charge in [-0.1, -0.05) is 23.2 Å². The maximum atomic E-state index is 12.0. The Morgan fingerprint density at radius 2 is 1.91 bits per heavy atom. The second-order valence-corrected chi connectivity index (χ2v) is 5.27. The van der Waals surface area contributed by atoms with E-state index in [9.17, 15) is 4.79 Å². The molecule has 1 amide bonds. The zero-order chi connectivity index (χ0) is 16.8. The summed E-state index contributed by atoms with van der Waals surface area (Å²) in [7, 11) is 3.11. The molecule has 1 N–H and O–H groups in total. The first kappa shape index (κ1) is 17.1. The molecule has 0 aliphatic heterocycles. The van der Waals surface area contributed by atoms with E-state index in [-0.39, 0.29) is 10.6 Å². The number of rotatable bonds is 5. The van der Waals surface area contributed by atoms with Gasteiger partial charge in [-0.3, -0.25) is 4.79 Å². The highest BCUT2D eigenvalue weighted by Crippen LogP contribution is 2.22. The number of carbonyl (C=O) groups is 1. The maximum absolute atomic E-state index is 12.0. The molecule has 0 unspecified atom stereocenters. The fraction of sp³-hybridized carbons (Fsp3) is 0.125. The summed E-state index contributed by atoms with van der Waals surface area (Å²) in [5.74, 6) is 0.817. The molecular weight excluding hydrogens is 339 g/mol. The van der Waals surface area contributed by atoms with Gasteiger partial charge in [0.1, 0.15) is 11.5 Å². The van der Waals surface area contributed by atoms with Crippen molar-refractivity contribution in [3.8, 4) is 11.5 Å². The normalized spacial score (nSPS) is 10.6. The van der Waals surface area contributed by atoms with E-state index in [4.69, 9.17) is 32.7 Å². The number of carbonyl (C=O) groups excluding carboxylic acids is 1. The lowest BCUT2D eigenvalue weighted by atomic mass is 10.2. The first-order valence-electron chi connectivity index (χ1n) is 6.55. The van der Waals surface area contributed by atoms with Gasteiger partial charge in [0, 0.05) is 10.6 Å². The number of hydrazone groups is 1. The van der Waals surface area contributed by atoms with Gasteiger partial charge < -0.3 is 9.47 Å². The molecule has 0 atom stereocenters. The van der Waals surface area contributed by atoms with Gasteiger partial charge in [-0.15, -0.1) is 0 Å². The Balaban J connectivity index is 2.13. The molecule has 0 saturated carbocycles. The Kier molecular flexibility index (Phi) is 5.84. The van der Waals surface area contributed by atoms with Crippen molar-refractivity contribution in [2.24, 2.45) is 5.10 Å². The van der Waals surface area contributed by atoms with Crippen LogP contribution in [0.15, 0.2) is 41.5 Å². The topological polar surface area (TPSA) is 59.9 Å². The van der Waals surface area contributed by atoms with Gasteiger partial charge in [0.15, 0.2) is 0 Å². The van der Waals surface area contributed by atoms with Crippen LogP contribution in [0.2, 0.25) is 10.0 Å². The third kappa shape index (κ3) is 4.37. The lowest BCUT2D eigenvalue weighted by molar-refractivity contribution is 0.0955. The van der Waals surface area contributed by atoms with Crippen LogP contribution in [0.25, 0.3) is 0 Å². The average Bonchev–Trinajstić information content (AvgIpc) is 2.54. The number of hydrogen-bond donors (Lipinski definition) is 1. The van der Waals surface area contributed by atoms with E-state index < -0.39 is 5.91 Å². The molecular formula is C16H14Cl2N2O3. The zero-order valence-electron chi connectivity index (χ0n) is 12.5. The molecule has 0 spiro atoms. The number of hydrogen-bond acceptors (Lipinski definition) is 4. The summed E-state index contributed by atoms with van der Waals surface area (Å²) in [6.45, 7) is 0. The minimum atomic E-state index is -0.440. The summed E-state index contributed by atoms with van der Waals surface area (Å²) in [4.78, 5) is 12.0. The van der Waals surface area contributed by atoms with Gasteiger partial charge in [-0.25, -0.2) is 5.43 Å². The third-order valence-electron chi connectivity index (χ3n) is 2.98. The van der Waals surface area contributed by atoms with Crippen LogP contribution in [-0.2, 0) is 0 Å². The van der Waals surface area contributed by atoms with Gasteiger partial charge in [0.25, 0.3) is 5.91 Å². The second-order valence-electron chi connectivity index (χ2n) is 4.43. The number of ether oxygens (including phenoxy) is 2. The van der Waals surface area contributed by atoms with E-state index in [2.05, 4.69) is 10.5 Å². The predicted molar refractivity (Wildman–Crippen MR) is 91.1 cm³/mol. The van der Waals surface area contributed by atoms with Gasteiger partial charge in [0.05, 0.1) is 31.0 Å². The molecule has 120 valence electrons. The first-order valence-corrected chi connectivity index (χ1v) is 7.31. The number of amides is 1. The Morgan fingerprint density at radius 3 is 2.57 bits per heavy atom. The summed E-state index contributed by atoms with van der Waals surface area (Å²) in [6.07, 6.45) is 1.46. The first-order chi connectivity index (χ1) is 11.0. The standard InChI is InChI=1S/C16H14Cl2N2O3/c1-22-12-4-6-15(23-2)10(7-12)9-19-20-16(21)13-5-3-11(17)8-14(13)18/h3-9H,1-2H3,(H,20,21). The van der Waals surface area contributed by atoms with Crippen LogP contribution in [0.3, 0.4) is 0 Å². The fourth-order valence-electron chi connectivity index (χ4n) is 1.83. The summed E-state index contributed by atoms with van der Waals surface area (Å²) in [5.41, 5.74) is 3.35. The predicted octanol–water partition coefficient (Wildman–Crippen LogP) is 3.77. The molecule has 2 aromatic rings. The van der Waals surface area contributed by atoms with Crippen LogP contribution in [0.1, 0.15) is 15.9 Å². The van der Waals surface area contributed by atoms with Crippen LogP contribution in [-0.4, -0.2) is 26.3 Å². The lowest BCUT2D eigenvalue weighted by Gasteiger charge is -2.07. The van der Waals surface area contributed by atoms with Crippen LogP contribution < -0.4 is 14.9 Å². The summed E-state index contributed by atoms with van der Waals surface area (Å²) >= 11 is 11.8. The Labute approximate surface area is 143 Å². The Morgan fingerprint density at radius 1 is 1.13 bits per heavy atom. The molecule has 0 saturated heterocycles. The monoisotopic (exact) mass is 352 g/mol. The van der Waals surface area contributed by atoms with Crippen molar-refractivity contribution in [3.05, 3.63) is 57.6 Å². The molecule has 0 heterocycles. The van der Waals surface area contributed by atoms with Gasteiger partial charge in [-0.2, -0.15) is 5.10 Å². The van der Waals surface area contributed by atoms with Crippen LogP contribution in [0.4, 0.5) is 0 Å². The highest BCUT2D eigenvalue weighted by molar-refractivity contribution is 6.36. The molecule has 0 bridgehead atoms. The van der Waals surface area contributed by atoms with E-state index in [1.807, 2.05) is 0 Å². The number of benzene rings is 2. The van der Waals surface area contributed by atoms with E-state index in [1.54, 1.807) is 38.5 Å². The highest BCUT2D eigenvalue weighted by atomic mass is 35.5. The summed E-state index contributed by atoms with van der Waals surface area (Å²) in [6, 6.07) is 9.86. The van der Waals surface area contributed by atoms with Crippen molar-refractivity contribution >= 4 is 35.3 Å². The van der Waals surface area contributed by atoms with E-state index >= 15 is 0 Å². The van der Waals surface area contributed by atoms with Crippen LogP contribution in [0.5, 0.6) is 11.5 Å². The number of nitrogens with zero attached hydrogens (tertiary/aromatic N) is 1. The Hall–Kier alpha value is -2.24. The molecule has 5 nitrogen and oxygen atoms in total. The molecule has 2 aromatic carbocycles. The molecule has 7 heteroatoms. The zero-order valence-corrected chi connectivity index (χ0v) is 14.0. The van der Waals surface area contributed by atoms with Crippen molar-refractivity contribution in [1.82, 2.24) is 5.43 Å². The summed E-state index contributed by atoms with van der Waals surface area (Å²) < 4.78 is 10.4. The maximum Gasteiger partial charge on any atom is 0.272 e. The van der Waals surface area contributed by atoms with Crippen molar-refractivity contribution in [2.75, 3.05) is 14.2 Å². The lowest BCUT2D eigenvalue weighted by Crippen LogP contribution is -2.18. The molecule has 0 aromatic heterocycles.